The van der Waals surface area contributed by atoms with Crippen LogP contribution in [-0.2, 0) is 19.0 Å². The Bertz CT molecular complexity index is 273. The number of rotatable bonds is 3. The summed E-state index contributed by atoms with van der Waals surface area (Å²) in [7, 11) is 0. The summed E-state index contributed by atoms with van der Waals surface area (Å²) in [4.78, 5) is 11.4. The molecule has 2 rings (SSSR count). The maximum atomic E-state index is 11.4. The van der Waals surface area contributed by atoms with Crippen molar-refractivity contribution in [1.82, 2.24) is 0 Å². The summed E-state index contributed by atoms with van der Waals surface area (Å²) < 4.78 is 16.0. The van der Waals surface area contributed by atoms with E-state index in [1.54, 1.807) is 6.92 Å². The molecule has 2 fully saturated rings. The van der Waals surface area contributed by atoms with E-state index in [2.05, 4.69) is 0 Å². The van der Waals surface area contributed by atoms with Crippen LogP contribution in [0.15, 0.2) is 0 Å². The Kier molecular flexibility index (Phi) is 3.70. The summed E-state index contributed by atoms with van der Waals surface area (Å²) in [5.41, 5.74) is -0.952. The third-order valence-electron chi connectivity index (χ3n) is 3.53. The van der Waals surface area contributed by atoms with Gasteiger partial charge in [-0.05, 0) is 19.8 Å². The average Bonchev–Trinajstić information content (AvgIpc) is 2.73. The van der Waals surface area contributed by atoms with Gasteiger partial charge in [0.1, 0.15) is 0 Å². The molecule has 98 valence electrons. The van der Waals surface area contributed by atoms with E-state index in [9.17, 15) is 9.90 Å². The van der Waals surface area contributed by atoms with Crippen molar-refractivity contribution in [2.24, 2.45) is 0 Å². The lowest BCUT2D eigenvalue weighted by Gasteiger charge is -2.40. The molecule has 0 bridgehead atoms. The number of carbonyl (C=O) groups excluding carboxylic acids is 1. The molecule has 1 N–H and O–H groups in total. The van der Waals surface area contributed by atoms with Crippen LogP contribution in [0.2, 0.25) is 0 Å². The van der Waals surface area contributed by atoms with Crippen molar-refractivity contribution in [3.8, 4) is 0 Å². The Morgan fingerprint density at radius 1 is 1.24 bits per heavy atom. The molecule has 5 heteroatoms. The Labute approximate surface area is 101 Å². The number of esters is 1. The van der Waals surface area contributed by atoms with Gasteiger partial charge in [0, 0.05) is 12.8 Å². The summed E-state index contributed by atoms with van der Waals surface area (Å²) in [5, 5.41) is 10.3. The first kappa shape index (κ1) is 12.8. The van der Waals surface area contributed by atoms with Gasteiger partial charge in [-0.1, -0.05) is 0 Å². The van der Waals surface area contributed by atoms with Crippen molar-refractivity contribution in [2.45, 2.75) is 50.4 Å². The van der Waals surface area contributed by atoms with Crippen LogP contribution in [0, 0.1) is 0 Å². The highest BCUT2D eigenvalue weighted by molar-refractivity contribution is 5.70. The van der Waals surface area contributed by atoms with Crippen molar-refractivity contribution >= 4 is 5.97 Å². The molecule has 0 atom stereocenters. The third-order valence-corrected chi connectivity index (χ3v) is 3.53. The van der Waals surface area contributed by atoms with Gasteiger partial charge in [0.2, 0.25) is 0 Å². The summed E-state index contributed by atoms with van der Waals surface area (Å²) in [5.74, 6) is -0.833. The van der Waals surface area contributed by atoms with Gasteiger partial charge in [0.15, 0.2) is 5.79 Å². The summed E-state index contributed by atoms with van der Waals surface area (Å²) >= 11 is 0. The molecular weight excluding hydrogens is 224 g/mol. The minimum Gasteiger partial charge on any atom is -0.466 e. The first-order valence-electron chi connectivity index (χ1n) is 6.23. The zero-order chi connectivity index (χ0) is 12.4. The van der Waals surface area contributed by atoms with Gasteiger partial charge in [-0.2, -0.15) is 0 Å². The van der Waals surface area contributed by atoms with E-state index in [4.69, 9.17) is 14.2 Å². The predicted octanol–water partition coefficient (Wildman–Crippen LogP) is 0.988. The number of hydrogen-bond acceptors (Lipinski definition) is 5. The molecule has 1 spiro atoms. The highest BCUT2D eigenvalue weighted by Crippen LogP contribution is 2.41. The molecule has 17 heavy (non-hydrogen) atoms. The monoisotopic (exact) mass is 244 g/mol. The molecule has 2 aliphatic rings. The fourth-order valence-corrected chi connectivity index (χ4v) is 2.54. The standard InChI is InChI=1S/C12H20O5/c1-2-15-10(13)9-11(14)3-5-12(6-4-11)16-7-8-17-12/h14H,2-9H2,1H3. The van der Waals surface area contributed by atoms with Gasteiger partial charge in [-0.15, -0.1) is 0 Å². The minimum absolute atomic E-state index is 0.0664. The molecule has 0 unspecified atom stereocenters. The fourth-order valence-electron chi connectivity index (χ4n) is 2.54. The molecule has 0 radical (unpaired) electrons. The predicted molar refractivity (Wildman–Crippen MR) is 59.3 cm³/mol. The average molecular weight is 244 g/mol. The topological polar surface area (TPSA) is 65.0 Å². The first-order valence-corrected chi connectivity index (χ1v) is 6.23. The van der Waals surface area contributed by atoms with Gasteiger partial charge in [0.05, 0.1) is 31.8 Å². The quantitative estimate of drug-likeness (QED) is 0.750. The second-order valence-corrected chi connectivity index (χ2v) is 4.81. The normalized spacial score (nSPS) is 26.0. The van der Waals surface area contributed by atoms with Crippen molar-refractivity contribution in [2.75, 3.05) is 19.8 Å². The van der Waals surface area contributed by atoms with E-state index in [1.165, 1.54) is 0 Å². The molecule has 0 amide bonds. The van der Waals surface area contributed by atoms with E-state index >= 15 is 0 Å². The summed E-state index contributed by atoms with van der Waals surface area (Å²) in [6, 6.07) is 0. The van der Waals surface area contributed by atoms with E-state index < -0.39 is 11.4 Å². The fraction of sp³-hybridized carbons (Fsp3) is 0.917. The number of aliphatic hydroxyl groups is 1. The number of hydrogen-bond donors (Lipinski definition) is 1. The Morgan fingerprint density at radius 3 is 2.35 bits per heavy atom. The van der Waals surface area contributed by atoms with Gasteiger partial charge < -0.3 is 19.3 Å². The van der Waals surface area contributed by atoms with Crippen LogP contribution in [0.25, 0.3) is 0 Å². The molecule has 0 aromatic carbocycles. The van der Waals surface area contributed by atoms with Crippen LogP contribution in [0.3, 0.4) is 0 Å². The maximum absolute atomic E-state index is 11.4. The van der Waals surface area contributed by atoms with Gasteiger partial charge in [0.25, 0.3) is 0 Å². The third kappa shape index (κ3) is 2.97. The molecule has 5 nitrogen and oxygen atoms in total. The highest BCUT2D eigenvalue weighted by atomic mass is 16.7. The van der Waals surface area contributed by atoms with Crippen molar-refractivity contribution < 1.29 is 24.1 Å². The van der Waals surface area contributed by atoms with Crippen molar-refractivity contribution in [1.29, 1.82) is 0 Å². The van der Waals surface area contributed by atoms with Crippen LogP contribution in [0.1, 0.15) is 39.0 Å². The molecule has 0 aromatic rings. The van der Waals surface area contributed by atoms with E-state index in [-0.39, 0.29) is 12.4 Å². The molecule has 1 heterocycles. The smallest absolute Gasteiger partial charge is 0.308 e. The lowest BCUT2D eigenvalue weighted by atomic mass is 9.79. The van der Waals surface area contributed by atoms with E-state index in [1.807, 2.05) is 0 Å². The Balaban J connectivity index is 1.86. The van der Waals surface area contributed by atoms with Gasteiger partial charge >= 0.3 is 5.97 Å². The van der Waals surface area contributed by atoms with Crippen LogP contribution in [-0.4, -0.2) is 42.3 Å². The summed E-state index contributed by atoms with van der Waals surface area (Å²) in [6.07, 6.45) is 2.39. The molecule has 1 aliphatic heterocycles. The lowest BCUT2D eigenvalue weighted by Crippen LogP contribution is -2.44. The zero-order valence-corrected chi connectivity index (χ0v) is 10.2. The highest BCUT2D eigenvalue weighted by Gasteiger charge is 2.46. The Hall–Kier alpha value is -0.650. The molecule has 1 aliphatic carbocycles. The van der Waals surface area contributed by atoms with Crippen LogP contribution >= 0.6 is 0 Å². The van der Waals surface area contributed by atoms with E-state index in [0.29, 0.717) is 45.5 Å². The van der Waals surface area contributed by atoms with Gasteiger partial charge in [-0.3, -0.25) is 4.79 Å². The van der Waals surface area contributed by atoms with Crippen LogP contribution < -0.4 is 0 Å². The van der Waals surface area contributed by atoms with Crippen LogP contribution in [0.5, 0.6) is 0 Å². The van der Waals surface area contributed by atoms with Crippen LogP contribution in [0.4, 0.5) is 0 Å². The summed E-state index contributed by atoms with van der Waals surface area (Å²) in [6.45, 7) is 3.36. The first-order chi connectivity index (χ1) is 8.08. The largest absolute Gasteiger partial charge is 0.466 e. The van der Waals surface area contributed by atoms with Crippen molar-refractivity contribution in [3.63, 3.8) is 0 Å². The second-order valence-electron chi connectivity index (χ2n) is 4.81. The van der Waals surface area contributed by atoms with Crippen molar-refractivity contribution in [3.05, 3.63) is 0 Å². The molecule has 0 aromatic heterocycles. The second kappa shape index (κ2) is 4.92. The number of carbonyl (C=O) groups is 1. The molecular formula is C12H20O5. The Morgan fingerprint density at radius 2 is 1.82 bits per heavy atom. The van der Waals surface area contributed by atoms with Gasteiger partial charge in [-0.25, -0.2) is 0 Å². The maximum Gasteiger partial charge on any atom is 0.308 e. The SMILES string of the molecule is CCOC(=O)CC1(O)CCC2(CC1)OCCO2. The lowest BCUT2D eigenvalue weighted by molar-refractivity contribution is -0.205. The zero-order valence-electron chi connectivity index (χ0n) is 10.2. The molecule has 1 saturated carbocycles. The number of ether oxygens (including phenoxy) is 3. The van der Waals surface area contributed by atoms with E-state index in [0.717, 1.165) is 0 Å². The molecule has 1 saturated heterocycles. The minimum atomic E-state index is -0.952.